The Balaban J connectivity index is 2.05. The van der Waals surface area contributed by atoms with Crippen LogP contribution < -0.4 is 0 Å². The molecule has 3 rings (SSSR count). The normalized spacial score (nSPS) is 48.7. The van der Waals surface area contributed by atoms with E-state index in [1.807, 2.05) is 13.8 Å². The van der Waals surface area contributed by atoms with Gasteiger partial charge in [0.1, 0.15) is 9.75 Å². The molecule has 2 nitrogen and oxygen atoms in total. The van der Waals surface area contributed by atoms with Crippen LogP contribution >= 0.6 is 69.6 Å². The highest BCUT2D eigenvalue weighted by Crippen LogP contribution is 2.76. The molecule has 3 aliphatic rings. The van der Waals surface area contributed by atoms with Crippen LogP contribution in [-0.2, 0) is 9.47 Å². The maximum atomic E-state index is 6.74. The van der Waals surface area contributed by atoms with Gasteiger partial charge in [-0.2, -0.15) is 0 Å². The van der Waals surface area contributed by atoms with Crippen LogP contribution in [0.5, 0.6) is 0 Å². The first-order chi connectivity index (χ1) is 9.60. The third kappa shape index (κ3) is 1.88. The number of ether oxygens (including phenoxy) is 2. The average Bonchev–Trinajstić information content (AvgIpc) is 2.65. The minimum atomic E-state index is -1.52. The van der Waals surface area contributed by atoms with Crippen molar-refractivity contribution in [2.24, 2.45) is 17.8 Å². The number of allylic oxidation sites excluding steroid dienone is 2. The third-order valence-corrected chi connectivity index (χ3v) is 9.03. The van der Waals surface area contributed by atoms with E-state index in [4.69, 9.17) is 79.1 Å². The minimum Gasteiger partial charge on any atom is -0.352 e. The summed E-state index contributed by atoms with van der Waals surface area (Å²) in [7, 11) is 0. The summed E-state index contributed by atoms with van der Waals surface area (Å²) in [5, 5.41) is 0.414. The summed E-state index contributed by atoms with van der Waals surface area (Å²) in [4.78, 5) is -2.53. The van der Waals surface area contributed by atoms with Crippen LogP contribution in [0.15, 0.2) is 10.1 Å². The van der Waals surface area contributed by atoms with E-state index in [0.717, 1.165) is 0 Å². The highest BCUT2D eigenvalue weighted by Gasteiger charge is 2.82. The second kappa shape index (κ2) is 5.20. The maximum absolute atomic E-state index is 6.74. The van der Waals surface area contributed by atoms with Crippen molar-refractivity contribution in [1.82, 2.24) is 0 Å². The molecule has 120 valence electrons. The second-order valence-electron chi connectivity index (χ2n) is 6.12. The molecule has 2 aliphatic carbocycles. The fourth-order valence-electron chi connectivity index (χ4n) is 3.50. The summed E-state index contributed by atoms with van der Waals surface area (Å²) in [6.07, 6.45) is -0.326. The molecule has 0 radical (unpaired) electrons. The molecule has 0 amide bonds. The van der Waals surface area contributed by atoms with Gasteiger partial charge < -0.3 is 9.47 Å². The molecule has 1 unspecified atom stereocenters. The molecular formula is C13H14Cl6O2. The van der Waals surface area contributed by atoms with E-state index in [1.165, 1.54) is 0 Å². The van der Waals surface area contributed by atoms with Crippen molar-refractivity contribution in [3.8, 4) is 0 Å². The molecule has 0 spiro atoms. The van der Waals surface area contributed by atoms with Crippen molar-refractivity contribution in [2.75, 3.05) is 13.2 Å². The molecule has 1 heterocycles. The lowest BCUT2D eigenvalue weighted by Gasteiger charge is -2.34. The number of alkyl halides is 4. The lowest BCUT2D eigenvalue weighted by atomic mass is 9.83. The van der Waals surface area contributed by atoms with E-state index >= 15 is 0 Å². The summed E-state index contributed by atoms with van der Waals surface area (Å²) in [6, 6.07) is 0. The third-order valence-electron chi connectivity index (χ3n) is 4.68. The van der Waals surface area contributed by atoms with Crippen molar-refractivity contribution in [3.05, 3.63) is 10.1 Å². The van der Waals surface area contributed by atoms with Gasteiger partial charge >= 0.3 is 0 Å². The lowest BCUT2D eigenvalue weighted by Crippen LogP contribution is -2.46. The molecule has 1 aliphatic heterocycles. The van der Waals surface area contributed by atoms with E-state index in [1.54, 1.807) is 0 Å². The molecular weight excluding hydrogens is 401 g/mol. The van der Waals surface area contributed by atoms with Crippen LogP contribution in [0, 0.1) is 17.8 Å². The quantitative estimate of drug-likeness (QED) is 0.556. The molecule has 0 aromatic rings. The van der Waals surface area contributed by atoms with Crippen LogP contribution in [0.2, 0.25) is 0 Å². The largest absolute Gasteiger partial charge is 0.352 e. The standard InChI is InChI=1S/C13H14Cl6O2/c1-5(2)10-20-3-6-7(4-21-10)12(17)9(15)8(14)11(6,16)13(12,18)19/h5-7,10H,3-4H2,1-2H3/t6-,7+,10?,11-,12+. The Morgan fingerprint density at radius 3 is 1.62 bits per heavy atom. The van der Waals surface area contributed by atoms with Crippen LogP contribution in [0.1, 0.15) is 13.8 Å². The van der Waals surface area contributed by atoms with Gasteiger partial charge in [-0.05, 0) is 0 Å². The first kappa shape index (κ1) is 17.2. The maximum Gasteiger partial charge on any atom is 0.167 e. The summed E-state index contributed by atoms with van der Waals surface area (Å²) in [5.74, 6) is -0.342. The topological polar surface area (TPSA) is 18.5 Å². The molecule has 2 fully saturated rings. The zero-order chi connectivity index (χ0) is 15.8. The summed E-state index contributed by atoms with van der Waals surface area (Å²) in [6.45, 7) is 4.65. The Morgan fingerprint density at radius 1 is 0.905 bits per heavy atom. The Hall–Kier alpha value is 1.40. The van der Waals surface area contributed by atoms with Gasteiger partial charge in [0.15, 0.2) is 10.6 Å². The van der Waals surface area contributed by atoms with Gasteiger partial charge in [0.25, 0.3) is 0 Å². The first-order valence-electron chi connectivity index (χ1n) is 6.65. The fourth-order valence-corrected chi connectivity index (χ4v) is 6.55. The van der Waals surface area contributed by atoms with Crippen molar-refractivity contribution in [1.29, 1.82) is 0 Å². The van der Waals surface area contributed by atoms with Crippen LogP contribution in [0.4, 0.5) is 0 Å². The Labute approximate surface area is 153 Å². The van der Waals surface area contributed by atoms with E-state index < -0.39 is 14.1 Å². The average molecular weight is 415 g/mol. The van der Waals surface area contributed by atoms with E-state index in [0.29, 0.717) is 13.2 Å². The molecule has 0 aromatic carbocycles. The predicted octanol–water partition coefficient (Wildman–Crippen LogP) is 5.09. The van der Waals surface area contributed by atoms with Crippen molar-refractivity contribution < 1.29 is 9.47 Å². The second-order valence-corrected chi connectivity index (χ2v) is 9.39. The monoisotopic (exact) mass is 412 g/mol. The summed E-state index contributed by atoms with van der Waals surface area (Å²) in [5.41, 5.74) is 0. The van der Waals surface area contributed by atoms with E-state index in [-0.39, 0.29) is 34.1 Å². The zero-order valence-electron chi connectivity index (χ0n) is 11.3. The SMILES string of the molecule is CC(C)C1OC[C@@H]2[C@H](CO1)[C@]1(Cl)C(Cl)=C(Cl)[C@@]2(Cl)C1(Cl)Cl. The van der Waals surface area contributed by atoms with Crippen molar-refractivity contribution >= 4 is 69.6 Å². The van der Waals surface area contributed by atoms with Crippen molar-refractivity contribution in [2.45, 2.75) is 34.2 Å². The number of rotatable bonds is 1. The Morgan fingerprint density at radius 2 is 1.29 bits per heavy atom. The smallest absolute Gasteiger partial charge is 0.167 e. The predicted molar refractivity (Wildman–Crippen MR) is 87.8 cm³/mol. The van der Waals surface area contributed by atoms with Gasteiger partial charge in [-0.15, -0.1) is 23.2 Å². The molecule has 2 bridgehead atoms. The Bertz CT molecular complexity index is 469. The minimum absolute atomic E-state index is 0.203. The molecule has 1 saturated carbocycles. The lowest BCUT2D eigenvalue weighted by molar-refractivity contribution is -0.156. The highest BCUT2D eigenvalue weighted by atomic mass is 35.5. The summed E-state index contributed by atoms with van der Waals surface area (Å²) < 4.78 is 10.1. The Kier molecular flexibility index (Phi) is 4.26. The van der Waals surface area contributed by atoms with Crippen LogP contribution in [0.3, 0.4) is 0 Å². The molecule has 21 heavy (non-hydrogen) atoms. The summed E-state index contributed by atoms with van der Waals surface area (Å²) >= 11 is 39.1. The van der Waals surface area contributed by atoms with Crippen LogP contribution in [0.25, 0.3) is 0 Å². The number of fused-ring (bicyclic) bond motifs is 5. The van der Waals surface area contributed by atoms with Gasteiger partial charge in [-0.1, -0.05) is 60.3 Å². The van der Waals surface area contributed by atoms with Gasteiger partial charge in [0.05, 0.1) is 23.3 Å². The molecule has 0 aromatic heterocycles. The van der Waals surface area contributed by atoms with Gasteiger partial charge in [-0.3, -0.25) is 0 Å². The fraction of sp³-hybridized carbons (Fsp3) is 0.846. The van der Waals surface area contributed by atoms with E-state index in [9.17, 15) is 0 Å². The number of hydrogen-bond donors (Lipinski definition) is 0. The van der Waals surface area contributed by atoms with Crippen LogP contribution in [-0.4, -0.2) is 33.6 Å². The first-order valence-corrected chi connectivity index (χ1v) is 8.92. The molecule has 1 saturated heterocycles. The highest BCUT2D eigenvalue weighted by molar-refractivity contribution is 6.65. The van der Waals surface area contributed by atoms with Gasteiger partial charge in [-0.25, -0.2) is 0 Å². The number of halogens is 6. The van der Waals surface area contributed by atoms with Gasteiger partial charge in [0, 0.05) is 17.8 Å². The molecule has 0 N–H and O–H groups in total. The molecule has 8 heteroatoms. The van der Waals surface area contributed by atoms with E-state index in [2.05, 4.69) is 0 Å². The van der Waals surface area contributed by atoms with Crippen molar-refractivity contribution in [3.63, 3.8) is 0 Å². The number of hydrogen-bond acceptors (Lipinski definition) is 2. The molecule has 5 atom stereocenters. The zero-order valence-corrected chi connectivity index (χ0v) is 15.8. The van der Waals surface area contributed by atoms with Gasteiger partial charge in [0.2, 0.25) is 0 Å².